The van der Waals surface area contributed by atoms with Crippen LogP contribution in [0.15, 0.2) is 45.3 Å². The Morgan fingerprint density at radius 3 is 1.88 bits per heavy atom. The van der Waals surface area contributed by atoms with Crippen molar-refractivity contribution >= 4 is 31.5 Å². The van der Waals surface area contributed by atoms with Gasteiger partial charge in [0, 0.05) is 5.33 Å². The van der Waals surface area contributed by atoms with Gasteiger partial charge in [0.2, 0.25) is 0 Å². The smallest absolute Gasteiger partial charge is 0.199 e. The van der Waals surface area contributed by atoms with Crippen LogP contribution < -0.4 is 0 Å². The highest BCUT2D eigenvalue weighted by atomic mass is 32.2. The molecule has 0 aromatic heterocycles. The van der Waals surface area contributed by atoms with Crippen molar-refractivity contribution in [3.63, 3.8) is 0 Å². The maximum atomic E-state index is 12.9. The Labute approximate surface area is 156 Å². The minimum Gasteiger partial charge on any atom is -0.199 e. The molecule has 3 nitrogen and oxygen atoms in total. The number of benzene rings is 1. The molecule has 0 atom stereocenters. The van der Waals surface area contributed by atoms with Gasteiger partial charge in [-0.25, -0.2) is 0 Å². The molecule has 0 N–H and O–H groups in total. The van der Waals surface area contributed by atoms with E-state index in [4.69, 9.17) is 0 Å². The highest BCUT2D eigenvalue weighted by Gasteiger charge is 2.40. The van der Waals surface area contributed by atoms with E-state index in [1.807, 2.05) is 25.1 Å². The third kappa shape index (κ3) is 6.04. The van der Waals surface area contributed by atoms with Crippen LogP contribution in [0.1, 0.15) is 26.3 Å². The number of hydrogen-bond acceptors (Lipinski definition) is 2. The molecule has 1 rings (SSSR count). The number of sulfonamides is 1. The highest BCUT2D eigenvalue weighted by Crippen LogP contribution is 2.37. The first-order valence-electron chi connectivity index (χ1n) is 8.68. The number of hydrogen-bond donors (Lipinski definition) is 0. The Morgan fingerprint density at radius 1 is 1.00 bits per heavy atom. The van der Waals surface area contributed by atoms with E-state index >= 15 is 0 Å². The lowest BCUT2D eigenvalue weighted by Gasteiger charge is -2.36. The topological polar surface area (TPSA) is 46.5 Å². The maximum absolute atomic E-state index is 12.9. The SMILES string of the molecule is Cc1ccc(S(=O)(=O)/N=C(/C=C/[Si](C)(C)C)[Si](C)(C)C(C)(C)C)cc1. The first-order valence-corrected chi connectivity index (χ1v) is 16.7. The highest BCUT2D eigenvalue weighted by molar-refractivity contribution is 7.90. The zero-order valence-electron chi connectivity index (χ0n) is 17.1. The van der Waals surface area contributed by atoms with E-state index in [-0.39, 0.29) is 9.93 Å². The number of nitrogens with zero attached hydrogens (tertiary/aromatic N) is 1. The van der Waals surface area contributed by atoms with Gasteiger partial charge in [-0.3, -0.25) is 0 Å². The van der Waals surface area contributed by atoms with E-state index in [2.05, 4.69) is 63.6 Å². The Kier molecular flexibility index (Phi) is 6.46. The van der Waals surface area contributed by atoms with Crippen LogP contribution in [0.5, 0.6) is 0 Å². The summed E-state index contributed by atoms with van der Waals surface area (Å²) >= 11 is 0. The largest absolute Gasteiger partial charge is 0.282 e. The minimum absolute atomic E-state index is 0.0123. The molecule has 1 aromatic carbocycles. The van der Waals surface area contributed by atoms with Crippen LogP contribution in [-0.4, -0.2) is 29.9 Å². The molecule has 1 aromatic rings. The van der Waals surface area contributed by atoms with Gasteiger partial charge in [-0.15, -0.1) is 0 Å². The van der Waals surface area contributed by atoms with E-state index in [0.717, 1.165) is 10.9 Å². The van der Waals surface area contributed by atoms with Gasteiger partial charge in [0.25, 0.3) is 10.0 Å². The van der Waals surface area contributed by atoms with Gasteiger partial charge in [-0.05, 0) is 24.1 Å². The third-order valence-corrected chi connectivity index (χ3v) is 12.7. The fraction of sp³-hybridized carbons (Fsp3) is 0.526. The molecular formula is C19H33NO2SSi2. The van der Waals surface area contributed by atoms with E-state index in [9.17, 15) is 8.42 Å². The molecule has 0 amide bonds. The van der Waals surface area contributed by atoms with Gasteiger partial charge < -0.3 is 0 Å². The summed E-state index contributed by atoms with van der Waals surface area (Å²) in [5.74, 6) is 0. The van der Waals surface area contributed by atoms with Crippen molar-refractivity contribution in [1.29, 1.82) is 0 Å². The van der Waals surface area contributed by atoms with Crippen LogP contribution in [0.3, 0.4) is 0 Å². The summed E-state index contributed by atoms with van der Waals surface area (Å²) in [6.45, 7) is 19.6. The van der Waals surface area contributed by atoms with Gasteiger partial charge in [-0.2, -0.15) is 12.8 Å². The summed E-state index contributed by atoms with van der Waals surface area (Å²) in [5, 5.41) is 0.765. The summed E-state index contributed by atoms with van der Waals surface area (Å²) in [6.07, 6.45) is 2.00. The normalized spacial score (nSPS) is 15.0. The second-order valence-corrected chi connectivity index (χ2v) is 21.3. The zero-order valence-corrected chi connectivity index (χ0v) is 20.0. The van der Waals surface area contributed by atoms with Crippen molar-refractivity contribution in [1.82, 2.24) is 0 Å². The Bertz CT molecular complexity index is 763. The van der Waals surface area contributed by atoms with Gasteiger partial charge in [0.15, 0.2) is 0 Å². The third-order valence-electron chi connectivity index (χ3n) is 4.79. The van der Waals surface area contributed by atoms with Crippen LogP contribution in [0.2, 0.25) is 37.8 Å². The molecule has 0 heterocycles. The van der Waals surface area contributed by atoms with Crippen molar-refractivity contribution in [3.8, 4) is 0 Å². The van der Waals surface area contributed by atoms with Crippen molar-refractivity contribution in [2.45, 2.75) is 70.4 Å². The summed E-state index contributed by atoms with van der Waals surface area (Å²) < 4.78 is 30.1. The molecule has 0 fully saturated rings. The van der Waals surface area contributed by atoms with Crippen molar-refractivity contribution in [3.05, 3.63) is 41.6 Å². The quantitative estimate of drug-likeness (QED) is 0.481. The molecule has 6 heteroatoms. The number of allylic oxidation sites excluding steroid dienone is 1. The number of rotatable bonds is 5. The van der Waals surface area contributed by atoms with E-state index < -0.39 is 26.2 Å². The van der Waals surface area contributed by atoms with E-state index in [0.29, 0.717) is 0 Å². The van der Waals surface area contributed by atoms with Gasteiger partial charge in [-0.1, -0.05) is 83.0 Å². The lowest BCUT2D eigenvalue weighted by Crippen LogP contribution is -2.46. The molecule has 0 aliphatic rings. The van der Waals surface area contributed by atoms with Crippen molar-refractivity contribution in [2.24, 2.45) is 4.40 Å². The minimum atomic E-state index is -3.70. The Hall–Kier alpha value is -0.986. The van der Waals surface area contributed by atoms with Crippen LogP contribution in [-0.2, 0) is 10.0 Å². The Balaban J connectivity index is 3.53. The molecule has 140 valence electrons. The fourth-order valence-corrected chi connectivity index (χ4v) is 6.23. The lowest BCUT2D eigenvalue weighted by atomic mass is 10.2. The van der Waals surface area contributed by atoms with Crippen molar-refractivity contribution in [2.75, 3.05) is 0 Å². The summed E-state index contributed by atoms with van der Waals surface area (Å²) in [4.78, 5) is 0.260. The predicted molar refractivity (Wildman–Crippen MR) is 115 cm³/mol. The maximum Gasteiger partial charge on any atom is 0.282 e. The molecule has 0 spiro atoms. The molecular weight excluding hydrogens is 362 g/mol. The van der Waals surface area contributed by atoms with Crippen LogP contribution >= 0.6 is 0 Å². The fourth-order valence-electron chi connectivity index (χ4n) is 1.96. The standard InChI is InChI=1S/C19H33NO2SSi2/c1-16-10-12-17(13-11-16)23(21,22)20-18(14-15-24(5,6)7)25(8,9)19(2,3)4/h10-15H,1-9H3/b15-14+,20-18-. The monoisotopic (exact) mass is 395 g/mol. The van der Waals surface area contributed by atoms with Crippen LogP contribution in [0, 0.1) is 6.92 Å². The van der Waals surface area contributed by atoms with Gasteiger partial charge in [0.1, 0.15) is 8.07 Å². The predicted octanol–water partition coefficient (Wildman–Crippen LogP) is 5.61. The summed E-state index contributed by atoms with van der Waals surface area (Å²) in [7, 11) is -7.24. The molecule has 0 radical (unpaired) electrons. The lowest BCUT2D eigenvalue weighted by molar-refractivity contribution is 0.598. The first kappa shape index (κ1) is 22.1. The second-order valence-electron chi connectivity index (χ2n) is 9.34. The van der Waals surface area contributed by atoms with Gasteiger partial charge >= 0.3 is 0 Å². The second kappa shape index (κ2) is 7.33. The van der Waals surface area contributed by atoms with Crippen LogP contribution in [0.25, 0.3) is 0 Å². The molecule has 0 bridgehead atoms. The first-order chi connectivity index (χ1) is 11.1. The molecule has 25 heavy (non-hydrogen) atoms. The molecule has 0 aliphatic heterocycles. The zero-order chi connectivity index (χ0) is 19.7. The van der Waals surface area contributed by atoms with Crippen LogP contribution in [0.4, 0.5) is 0 Å². The average Bonchev–Trinajstić information content (AvgIpc) is 2.41. The van der Waals surface area contributed by atoms with E-state index in [1.54, 1.807) is 12.1 Å². The van der Waals surface area contributed by atoms with E-state index in [1.165, 1.54) is 0 Å². The Morgan fingerprint density at radius 2 is 1.48 bits per heavy atom. The molecule has 0 saturated heterocycles. The summed E-state index contributed by atoms with van der Waals surface area (Å²) in [5.41, 5.74) is 3.22. The van der Waals surface area contributed by atoms with Gasteiger partial charge in [0.05, 0.1) is 13.0 Å². The molecule has 0 unspecified atom stereocenters. The number of aryl methyl sites for hydroxylation is 1. The molecule has 0 saturated carbocycles. The van der Waals surface area contributed by atoms with Crippen molar-refractivity contribution < 1.29 is 8.42 Å². The average molecular weight is 396 g/mol. The summed E-state index contributed by atoms with van der Waals surface area (Å²) in [6, 6.07) is 6.90. The molecule has 0 aliphatic carbocycles.